The minimum atomic E-state index is -0.533. The largest absolute Gasteiger partial charge is 0.465 e. The van der Waals surface area contributed by atoms with E-state index >= 15 is 0 Å². The van der Waals surface area contributed by atoms with Crippen LogP contribution in [0.2, 0.25) is 0 Å². The first-order valence-corrected chi connectivity index (χ1v) is 7.03. The van der Waals surface area contributed by atoms with E-state index in [0.717, 1.165) is 0 Å². The standard InChI is InChI=1S/C15H11N3O3S/c1-21-14(20)11-4-2-10(3-5-11)8-12(9-16)13(19)18-15-17-6-7-22-15/h2-8H,1H3,(H,17,18,19)/b12-8+. The maximum absolute atomic E-state index is 12.0. The highest BCUT2D eigenvalue weighted by molar-refractivity contribution is 7.13. The number of amides is 1. The third-order valence-corrected chi connectivity index (χ3v) is 3.35. The number of carbonyl (C=O) groups excluding carboxylic acids is 2. The molecule has 7 heteroatoms. The third kappa shape index (κ3) is 3.77. The molecule has 110 valence electrons. The van der Waals surface area contributed by atoms with Gasteiger partial charge in [-0.2, -0.15) is 5.26 Å². The molecular weight excluding hydrogens is 302 g/mol. The molecule has 0 saturated carbocycles. The molecule has 0 atom stereocenters. The summed E-state index contributed by atoms with van der Waals surface area (Å²) in [5.41, 5.74) is 0.963. The second-order valence-electron chi connectivity index (χ2n) is 4.07. The van der Waals surface area contributed by atoms with Crippen LogP contribution in [-0.2, 0) is 9.53 Å². The zero-order valence-electron chi connectivity index (χ0n) is 11.6. The van der Waals surface area contributed by atoms with E-state index in [0.29, 0.717) is 16.3 Å². The summed E-state index contributed by atoms with van der Waals surface area (Å²) in [6, 6.07) is 8.22. The van der Waals surface area contributed by atoms with Crippen LogP contribution in [0.25, 0.3) is 6.08 Å². The summed E-state index contributed by atoms with van der Waals surface area (Å²) < 4.78 is 4.60. The third-order valence-electron chi connectivity index (χ3n) is 2.66. The normalized spacial score (nSPS) is 10.6. The fraction of sp³-hybridized carbons (Fsp3) is 0.0667. The van der Waals surface area contributed by atoms with E-state index in [1.807, 2.05) is 6.07 Å². The van der Waals surface area contributed by atoms with Crippen LogP contribution < -0.4 is 5.32 Å². The van der Waals surface area contributed by atoms with Crippen molar-refractivity contribution in [2.24, 2.45) is 0 Å². The summed E-state index contributed by atoms with van der Waals surface area (Å²) in [5.74, 6) is -0.980. The van der Waals surface area contributed by atoms with Gasteiger partial charge in [0.1, 0.15) is 11.6 Å². The van der Waals surface area contributed by atoms with Gasteiger partial charge in [0.2, 0.25) is 0 Å². The van der Waals surface area contributed by atoms with Gasteiger partial charge in [0, 0.05) is 11.6 Å². The average Bonchev–Trinajstić information content (AvgIpc) is 3.05. The number of hydrogen-bond donors (Lipinski definition) is 1. The van der Waals surface area contributed by atoms with E-state index in [1.54, 1.807) is 35.8 Å². The summed E-state index contributed by atoms with van der Waals surface area (Å²) in [6.07, 6.45) is 2.99. The van der Waals surface area contributed by atoms with Gasteiger partial charge >= 0.3 is 5.97 Å². The molecule has 0 bridgehead atoms. The minimum Gasteiger partial charge on any atom is -0.465 e. The highest BCUT2D eigenvalue weighted by Crippen LogP contribution is 2.14. The highest BCUT2D eigenvalue weighted by atomic mass is 32.1. The average molecular weight is 313 g/mol. The maximum atomic E-state index is 12.0. The molecule has 0 aliphatic heterocycles. The lowest BCUT2D eigenvalue weighted by atomic mass is 10.1. The van der Waals surface area contributed by atoms with Gasteiger partial charge in [-0.3, -0.25) is 10.1 Å². The van der Waals surface area contributed by atoms with Crippen LogP contribution >= 0.6 is 11.3 Å². The van der Waals surface area contributed by atoms with E-state index < -0.39 is 11.9 Å². The summed E-state index contributed by atoms with van der Waals surface area (Å²) in [5, 5.41) is 13.8. The predicted molar refractivity (Wildman–Crippen MR) is 82.1 cm³/mol. The molecule has 1 amide bonds. The highest BCUT2D eigenvalue weighted by Gasteiger charge is 2.11. The minimum absolute atomic E-state index is 0.0546. The van der Waals surface area contributed by atoms with E-state index in [-0.39, 0.29) is 5.57 Å². The summed E-state index contributed by atoms with van der Waals surface area (Å²) in [7, 11) is 1.30. The zero-order chi connectivity index (χ0) is 15.9. The molecule has 0 radical (unpaired) electrons. The summed E-state index contributed by atoms with van der Waals surface area (Å²) >= 11 is 1.26. The van der Waals surface area contributed by atoms with Crippen molar-refractivity contribution in [3.05, 3.63) is 52.5 Å². The molecule has 0 aliphatic carbocycles. The number of anilines is 1. The van der Waals surface area contributed by atoms with Crippen molar-refractivity contribution in [3.8, 4) is 6.07 Å². The Morgan fingerprint density at radius 2 is 2.09 bits per heavy atom. The molecule has 2 rings (SSSR count). The number of aromatic nitrogens is 1. The zero-order valence-corrected chi connectivity index (χ0v) is 12.4. The van der Waals surface area contributed by atoms with Gasteiger partial charge in [0.25, 0.3) is 5.91 Å². The lowest BCUT2D eigenvalue weighted by molar-refractivity contribution is -0.112. The molecule has 6 nitrogen and oxygen atoms in total. The number of carbonyl (C=O) groups is 2. The lowest BCUT2D eigenvalue weighted by Crippen LogP contribution is -2.13. The number of benzene rings is 1. The van der Waals surface area contributed by atoms with E-state index in [9.17, 15) is 9.59 Å². The lowest BCUT2D eigenvalue weighted by Gasteiger charge is -2.01. The van der Waals surface area contributed by atoms with Crippen molar-refractivity contribution in [3.63, 3.8) is 0 Å². The first-order valence-electron chi connectivity index (χ1n) is 6.15. The first-order chi connectivity index (χ1) is 10.6. The van der Waals surface area contributed by atoms with Crippen LogP contribution in [-0.4, -0.2) is 24.0 Å². The van der Waals surface area contributed by atoms with Crippen LogP contribution in [0.5, 0.6) is 0 Å². The van der Waals surface area contributed by atoms with E-state index in [4.69, 9.17) is 5.26 Å². The Hall–Kier alpha value is -2.98. The van der Waals surface area contributed by atoms with Gasteiger partial charge in [0.05, 0.1) is 12.7 Å². The Bertz CT molecular complexity index is 743. The number of hydrogen-bond acceptors (Lipinski definition) is 6. The molecule has 0 spiro atoms. The Morgan fingerprint density at radius 3 is 2.64 bits per heavy atom. The Kier molecular flexibility index (Phi) is 5.01. The van der Waals surface area contributed by atoms with Crippen LogP contribution in [0.3, 0.4) is 0 Å². The van der Waals surface area contributed by atoms with E-state index in [1.165, 1.54) is 24.5 Å². The molecule has 22 heavy (non-hydrogen) atoms. The fourth-order valence-corrected chi connectivity index (χ4v) is 2.12. The molecule has 0 fully saturated rings. The van der Waals surface area contributed by atoms with Crippen molar-refractivity contribution < 1.29 is 14.3 Å². The number of ether oxygens (including phenoxy) is 1. The smallest absolute Gasteiger partial charge is 0.337 e. The quantitative estimate of drug-likeness (QED) is 0.532. The van der Waals surface area contributed by atoms with Gasteiger partial charge < -0.3 is 4.74 Å². The number of rotatable bonds is 4. The van der Waals surface area contributed by atoms with Crippen molar-refractivity contribution >= 4 is 34.4 Å². The maximum Gasteiger partial charge on any atom is 0.337 e. The van der Waals surface area contributed by atoms with Crippen LogP contribution in [0.1, 0.15) is 15.9 Å². The first kappa shape index (κ1) is 15.4. The monoisotopic (exact) mass is 313 g/mol. The van der Waals surface area contributed by atoms with Crippen molar-refractivity contribution in [1.82, 2.24) is 4.98 Å². The topological polar surface area (TPSA) is 92.1 Å². The van der Waals surface area contributed by atoms with Crippen LogP contribution in [0.15, 0.2) is 41.4 Å². The SMILES string of the molecule is COC(=O)c1ccc(/C=C(\C#N)C(=O)Nc2nccs2)cc1. The van der Waals surface area contributed by atoms with Gasteiger partial charge in [-0.15, -0.1) is 11.3 Å². The summed E-state index contributed by atoms with van der Waals surface area (Å²) in [6.45, 7) is 0. The van der Waals surface area contributed by atoms with Crippen molar-refractivity contribution in [2.45, 2.75) is 0 Å². The number of methoxy groups -OCH3 is 1. The molecular formula is C15H11N3O3S. The van der Waals surface area contributed by atoms with Gasteiger partial charge in [-0.1, -0.05) is 12.1 Å². The van der Waals surface area contributed by atoms with Gasteiger partial charge in [0.15, 0.2) is 5.13 Å². The molecule has 1 N–H and O–H groups in total. The summed E-state index contributed by atoms with van der Waals surface area (Å²) in [4.78, 5) is 27.2. The van der Waals surface area contributed by atoms with Crippen LogP contribution in [0, 0.1) is 11.3 Å². The van der Waals surface area contributed by atoms with Crippen molar-refractivity contribution in [2.75, 3.05) is 12.4 Å². The fourth-order valence-electron chi connectivity index (χ4n) is 1.60. The Labute approximate surface area is 130 Å². The van der Waals surface area contributed by atoms with Crippen LogP contribution in [0.4, 0.5) is 5.13 Å². The molecule has 1 aromatic carbocycles. The Balaban J connectivity index is 2.16. The number of nitrogens with one attached hydrogen (secondary N) is 1. The Morgan fingerprint density at radius 1 is 1.36 bits per heavy atom. The second kappa shape index (κ2) is 7.15. The molecule has 0 saturated heterocycles. The molecule has 0 aliphatic rings. The predicted octanol–water partition coefficient (Wildman–Crippen LogP) is 2.48. The molecule has 2 aromatic rings. The number of thiazole rings is 1. The molecule has 1 heterocycles. The van der Waals surface area contributed by atoms with Gasteiger partial charge in [-0.05, 0) is 23.8 Å². The van der Waals surface area contributed by atoms with Gasteiger partial charge in [-0.25, -0.2) is 9.78 Å². The molecule has 1 aromatic heterocycles. The van der Waals surface area contributed by atoms with E-state index in [2.05, 4.69) is 15.0 Å². The number of esters is 1. The second-order valence-corrected chi connectivity index (χ2v) is 4.97. The molecule has 0 unspecified atom stereocenters. The van der Waals surface area contributed by atoms with Crippen molar-refractivity contribution in [1.29, 1.82) is 5.26 Å². The number of nitriles is 1. The number of nitrogens with zero attached hydrogens (tertiary/aromatic N) is 2.